The summed E-state index contributed by atoms with van der Waals surface area (Å²) in [4.78, 5) is 19.0. The molecule has 3 heterocycles. The molecule has 6 nitrogen and oxygen atoms in total. The SMILES string of the molecule is O=c1[nH]c2cc(Cl)cc(N3CCN(CCCc4coc5ccc(Cl)cc45)CC3)c2o1. The maximum Gasteiger partial charge on any atom is 0.417 e. The van der Waals surface area contributed by atoms with Crippen LogP contribution in [0.5, 0.6) is 0 Å². The normalized spacial score (nSPS) is 15.5. The number of piperazine rings is 1. The molecule has 1 saturated heterocycles. The van der Waals surface area contributed by atoms with Gasteiger partial charge in [-0.1, -0.05) is 23.2 Å². The fourth-order valence-electron chi connectivity index (χ4n) is 4.20. The molecule has 1 N–H and O–H groups in total. The van der Waals surface area contributed by atoms with Gasteiger partial charge in [-0.3, -0.25) is 9.88 Å². The van der Waals surface area contributed by atoms with Crippen molar-refractivity contribution in [3.05, 3.63) is 62.8 Å². The fourth-order valence-corrected chi connectivity index (χ4v) is 4.58. The van der Waals surface area contributed by atoms with Crippen molar-refractivity contribution in [2.75, 3.05) is 37.6 Å². The maximum atomic E-state index is 11.6. The van der Waals surface area contributed by atoms with Crippen LogP contribution in [0.25, 0.3) is 22.1 Å². The monoisotopic (exact) mass is 445 g/mol. The molecule has 5 rings (SSSR count). The number of nitrogens with zero attached hydrogens (tertiary/aromatic N) is 2. The van der Waals surface area contributed by atoms with E-state index in [1.165, 1.54) is 5.56 Å². The molecule has 0 atom stereocenters. The number of aromatic nitrogens is 1. The van der Waals surface area contributed by atoms with E-state index in [0.29, 0.717) is 16.1 Å². The first-order valence-corrected chi connectivity index (χ1v) is 10.8. The Hall–Kier alpha value is -2.41. The highest BCUT2D eigenvalue weighted by Gasteiger charge is 2.21. The first kappa shape index (κ1) is 19.5. The number of aromatic amines is 1. The molecule has 0 radical (unpaired) electrons. The fraction of sp³-hybridized carbons (Fsp3) is 0.318. The summed E-state index contributed by atoms with van der Waals surface area (Å²) in [7, 11) is 0. The van der Waals surface area contributed by atoms with Gasteiger partial charge in [-0.05, 0) is 55.3 Å². The van der Waals surface area contributed by atoms with Crippen LogP contribution >= 0.6 is 23.2 Å². The van der Waals surface area contributed by atoms with Gasteiger partial charge in [-0.15, -0.1) is 0 Å². The summed E-state index contributed by atoms with van der Waals surface area (Å²) in [5.74, 6) is -0.458. The van der Waals surface area contributed by atoms with E-state index in [0.717, 1.165) is 67.2 Å². The lowest BCUT2D eigenvalue weighted by Gasteiger charge is -2.36. The molecule has 1 aliphatic heterocycles. The third-order valence-electron chi connectivity index (χ3n) is 5.71. The number of nitrogens with one attached hydrogen (secondary N) is 1. The highest BCUT2D eigenvalue weighted by molar-refractivity contribution is 6.32. The Morgan fingerprint density at radius 1 is 1.03 bits per heavy atom. The first-order valence-electron chi connectivity index (χ1n) is 10.0. The lowest BCUT2D eigenvalue weighted by Crippen LogP contribution is -2.46. The summed E-state index contributed by atoms with van der Waals surface area (Å²) >= 11 is 12.4. The molecule has 0 unspecified atom stereocenters. The summed E-state index contributed by atoms with van der Waals surface area (Å²) in [6.45, 7) is 4.62. The van der Waals surface area contributed by atoms with Crippen molar-refractivity contribution in [3.8, 4) is 0 Å². The van der Waals surface area contributed by atoms with E-state index < -0.39 is 5.76 Å². The zero-order valence-electron chi connectivity index (χ0n) is 16.3. The Balaban J connectivity index is 1.20. The Kier molecular flexibility index (Phi) is 5.23. The van der Waals surface area contributed by atoms with E-state index in [9.17, 15) is 4.79 Å². The average Bonchev–Trinajstić information content (AvgIpc) is 3.30. The first-order chi connectivity index (χ1) is 14.6. The number of halogens is 2. The molecule has 8 heteroatoms. The van der Waals surface area contributed by atoms with Crippen molar-refractivity contribution >= 4 is 51.0 Å². The van der Waals surface area contributed by atoms with E-state index in [1.54, 1.807) is 6.07 Å². The van der Waals surface area contributed by atoms with Gasteiger partial charge >= 0.3 is 5.76 Å². The molecule has 2 aromatic carbocycles. The summed E-state index contributed by atoms with van der Waals surface area (Å²) in [5, 5.41) is 2.42. The molecule has 156 valence electrons. The number of aryl methyl sites for hydroxylation is 1. The van der Waals surface area contributed by atoms with Crippen LogP contribution in [0.3, 0.4) is 0 Å². The molecule has 0 aliphatic carbocycles. The third kappa shape index (κ3) is 3.83. The van der Waals surface area contributed by atoms with Crippen LogP contribution in [-0.2, 0) is 6.42 Å². The second-order valence-corrected chi connectivity index (χ2v) is 8.52. The van der Waals surface area contributed by atoms with Gasteiger partial charge in [0, 0.05) is 41.6 Å². The minimum absolute atomic E-state index is 0.458. The van der Waals surface area contributed by atoms with Crippen molar-refractivity contribution in [1.82, 2.24) is 9.88 Å². The number of benzene rings is 2. The Labute approximate surface area is 182 Å². The predicted molar refractivity (Wildman–Crippen MR) is 120 cm³/mol. The number of H-pyrrole nitrogens is 1. The Morgan fingerprint density at radius 3 is 2.70 bits per heavy atom. The lowest BCUT2D eigenvalue weighted by atomic mass is 10.1. The van der Waals surface area contributed by atoms with E-state index in [-0.39, 0.29) is 0 Å². The van der Waals surface area contributed by atoms with Gasteiger partial charge in [-0.25, -0.2) is 4.79 Å². The molecule has 1 fully saturated rings. The Bertz CT molecular complexity index is 1250. The van der Waals surface area contributed by atoms with Crippen LogP contribution in [0.1, 0.15) is 12.0 Å². The van der Waals surface area contributed by atoms with Crippen LogP contribution in [0, 0.1) is 0 Å². The van der Waals surface area contributed by atoms with Crippen LogP contribution in [0.15, 0.2) is 50.2 Å². The van der Waals surface area contributed by atoms with Gasteiger partial charge < -0.3 is 13.7 Å². The van der Waals surface area contributed by atoms with E-state index in [2.05, 4.69) is 14.8 Å². The number of furan rings is 1. The topological polar surface area (TPSA) is 65.6 Å². The number of rotatable bonds is 5. The van der Waals surface area contributed by atoms with Gasteiger partial charge in [-0.2, -0.15) is 0 Å². The summed E-state index contributed by atoms with van der Waals surface area (Å²) in [6, 6.07) is 9.32. The molecular formula is C22H21Cl2N3O3. The van der Waals surface area contributed by atoms with Crippen molar-refractivity contribution in [1.29, 1.82) is 0 Å². The molecule has 30 heavy (non-hydrogen) atoms. The predicted octanol–water partition coefficient (Wildman–Crippen LogP) is 4.93. The van der Waals surface area contributed by atoms with Crippen molar-refractivity contribution < 1.29 is 8.83 Å². The smallest absolute Gasteiger partial charge is 0.417 e. The number of hydrogen-bond acceptors (Lipinski definition) is 5. The summed E-state index contributed by atoms with van der Waals surface area (Å²) < 4.78 is 11.0. The van der Waals surface area contributed by atoms with Gasteiger partial charge in [0.15, 0.2) is 5.58 Å². The van der Waals surface area contributed by atoms with Crippen LogP contribution in [-0.4, -0.2) is 42.6 Å². The van der Waals surface area contributed by atoms with E-state index in [1.807, 2.05) is 30.5 Å². The van der Waals surface area contributed by atoms with Gasteiger partial charge in [0.1, 0.15) is 5.58 Å². The van der Waals surface area contributed by atoms with Gasteiger partial charge in [0.05, 0.1) is 17.5 Å². The van der Waals surface area contributed by atoms with E-state index >= 15 is 0 Å². The molecule has 4 aromatic rings. The number of fused-ring (bicyclic) bond motifs is 2. The number of hydrogen-bond donors (Lipinski definition) is 1. The minimum Gasteiger partial charge on any atom is -0.464 e. The number of anilines is 1. The summed E-state index contributed by atoms with van der Waals surface area (Å²) in [5.41, 5.74) is 4.17. The molecule has 2 aromatic heterocycles. The van der Waals surface area contributed by atoms with Crippen LogP contribution in [0.4, 0.5) is 5.69 Å². The highest BCUT2D eigenvalue weighted by Crippen LogP contribution is 2.30. The zero-order valence-corrected chi connectivity index (χ0v) is 17.8. The second kappa shape index (κ2) is 8.02. The molecule has 1 aliphatic rings. The second-order valence-electron chi connectivity index (χ2n) is 7.65. The highest BCUT2D eigenvalue weighted by atomic mass is 35.5. The summed E-state index contributed by atoms with van der Waals surface area (Å²) in [6.07, 6.45) is 3.85. The van der Waals surface area contributed by atoms with Crippen molar-refractivity contribution in [2.24, 2.45) is 0 Å². The average molecular weight is 446 g/mol. The van der Waals surface area contributed by atoms with Gasteiger partial charge in [0.2, 0.25) is 0 Å². The molecule has 0 spiro atoms. The Morgan fingerprint density at radius 2 is 1.87 bits per heavy atom. The third-order valence-corrected chi connectivity index (χ3v) is 6.17. The number of oxazole rings is 1. The lowest BCUT2D eigenvalue weighted by molar-refractivity contribution is 0.255. The van der Waals surface area contributed by atoms with Gasteiger partial charge in [0.25, 0.3) is 0 Å². The molecule has 0 amide bonds. The van der Waals surface area contributed by atoms with Crippen LogP contribution in [0.2, 0.25) is 10.0 Å². The minimum atomic E-state index is -0.458. The quantitative estimate of drug-likeness (QED) is 0.471. The molecule has 0 bridgehead atoms. The van der Waals surface area contributed by atoms with E-state index in [4.69, 9.17) is 32.0 Å². The largest absolute Gasteiger partial charge is 0.464 e. The standard InChI is InChI=1S/C22H21Cl2N3O3/c23-15-3-4-20-17(10-15)14(13-29-20)2-1-5-26-6-8-27(9-7-26)19-12-16(24)11-18-21(19)30-22(28)25-18/h3-4,10-13H,1-2,5-9H2,(H,25,28). The van der Waals surface area contributed by atoms with Crippen molar-refractivity contribution in [2.45, 2.75) is 12.8 Å². The maximum absolute atomic E-state index is 11.6. The zero-order chi connectivity index (χ0) is 20.7. The van der Waals surface area contributed by atoms with Crippen LogP contribution < -0.4 is 10.7 Å². The van der Waals surface area contributed by atoms with Crippen molar-refractivity contribution in [3.63, 3.8) is 0 Å². The molecule has 0 saturated carbocycles. The molecular weight excluding hydrogens is 425 g/mol.